The van der Waals surface area contributed by atoms with Gasteiger partial charge in [-0.2, -0.15) is 0 Å². The molecule has 4 heteroatoms. The van der Waals surface area contributed by atoms with E-state index in [1.165, 1.54) is 11.1 Å². The number of rotatable bonds is 4. The van der Waals surface area contributed by atoms with Crippen molar-refractivity contribution in [3.8, 4) is 0 Å². The summed E-state index contributed by atoms with van der Waals surface area (Å²) in [6.07, 6.45) is 2.41. The van der Waals surface area contributed by atoms with Crippen LogP contribution in [-0.2, 0) is 32.7 Å². The zero-order valence-corrected chi connectivity index (χ0v) is 21.3. The van der Waals surface area contributed by atoms with Crippen LogP contribution in [0.25, 0.3) is 10.9 Å². The van der Waals surface area contributed by atoms with Crippen molar-refractivity contribution in [2.45, 2.75) is 40.0 Å². The van der Waals surface area contributed by atoms with Crippen molar-refractivity contribution < 1.29 is 37.8 Å². The second-order valence-corrected chi connectivity index (χ2v) is 4.86. The third-order valence-corrected chi connectivity index (χ3v) is 3.59. The molecule has 27 heavy (non-hydrogen) atoms. The van der Waals surface area contributed by atoms with Crippen LogP contribution in [0.3, 0.4) is 0 Å². The van der Waals surface area contributed by atoms with Gasteiger partial charge in [-0.15, -0.1) is 20.7 Å². The molecule has 1 radical (unpaired) electrons. The third-order valence-electron chi connectivity index (χ3n) is 3.59. The Hall–Kier alpha value is -0.656. The van der Waals surface area contributed by atoms with E-state index in [1.54, 1.807) is 6.20 Å². The molecule has 1 heterocycles. The molecule has 0 aliphatic heterocycles. The molecule has 0 saturated heterocycles. The average Bonchev–Trinajstić information content (AvgIpc) is 2.76. The van der Waals surface area contributed by atoms with E-state index < -0.39 is 0 Å². The molecule has 0 amide bonds. The van der Waals surface area contributed by atoms with Gasteiger partial charge < -0.3 is 5.11 Å². The number of fused-ring (bicyclic) bond motifs is 1. The van der Waals surface area contributed by atoms with E-state index in [2.05, 4.69) is 44.6 Å². The van der Waals surface area contributed by atoms with E-state index in [9.17, 15) is 5.11 Å². The van der Waals surface area contributed by atoms with Crippen LogP contribution in [0, 0.1) is 6.07 Å². The predicted molar refractivity (Wildman–Crippen MR) is 119 cm³/mol. The van der Waals surface area contributed by atoms with Gasteiger partial charge in [-0.25, -0.2) is 12.1 Å². The number of aliphatic hydroxyl groups is 1. The summed E-state index contributed by atoms with van der Waals surface area (Å²) in [5.74, 6) is 0.214. The largest absolute Gasteiger partial charge is 0.396 e. The first-order valence-electron chi connectivity index (χ1n) is 9.38. The molecule has 0 saturated carbocycles. The molecule has 0 spiro atoms. The number of nitrogens with zero attached hydrogens (tertiary/aromatic N) is 1. The van der Waals surface area contributed by atoms with E-state index in [4.69, 9.17) is 0 Å². The van der Waals surface area contributed by atoms with Crippen LogP contribution in [-0.4, -0.2) is 23.4 Å². The Morgan fingerprint density at radius 2 is 1.59 bits per heavy atom. The Balaban J connectivity index is 0. The maximum absolute atomic E-state index is 9.35. The number of aromatic nitrogens is 1. The first-order chi connectivity index (χ1) is 12.9. The summed E-state index contributed by atoms with van der Waals surface area (Å²) in [4.78, 5) is 4.30. The molecule has 3 aromatic rings. The van der Waals surface area contributed by atoms with Crippen molar-refractivity contribution in [3.05, 3.63) is 78.0 Å². The number of pyridine rings is 1. The fraction of sp³-hybridized carbons (Fsp3) is 0.348. The molecule has 2 nitrogen and oxygen atoms in total. The molecule has 2 atom stereocenters. The Morgan fingerprint density at radius 3 is 2.19 bits per heavy atom. The van der Waals surface area contributed by atoms with Gasteiger partial charge in [0.2, 0.25) is 0 Å². The normalized spacial score (nSPS) is 9.89. The van der Waals surface area contributed by atoms with Gasteiger partial charge in [0.25, 0.3) is 0 Å². The Labute approximate surface area is 193 Å². The second-order valence-electron chi connectivity index (χ2n) is 4.86. The van der Waals surface area contributed by atoms with Crippen molar-refractivity contribution in [2.24, 2.45) is 0 Å². The third kappa shape index (κ3) is 9.39. The smallest absolute Gasteiger partial charge is 0.0440 e. The topological polar surface area (TPSA) is 33.1 Å². The maximum Gasteiger partial charge on any atom is 0.0440 e. The van der Waals surface area contributed by atoms with Crippen LogP contribution in [0.1, 0.15) is 51.2 Å². The zero-order chi connectivity index (χ0) is 19.8. The van der Waals surface area contributed by atoms with Gasteiger partial charge in [0.15, 0.2) is 0 Å². The summed E-state index contributed by atoms with van der Waals surface area (Å²) in [5, 5.41) is 10.4. The Kier molecular flexibility index (Phi) is 19.8. The minimum Gasteiger partial charge on any atom is -0.396 e. The van der Waals surface area contributed by atoms with E-state index >= 15 is 0 Å². The van der Waals surface area contributed by atoms with Crippen molar-refractivity contribution >= 4 is 20.1 Å². The summed E-state index contributed by atoms with van der Waals surface area (Å²) in [6.45, 7) is 10.1. The molecule has 145 valence electrons. The fourth-order valence-corrected chi connectivity index (χ4v) is 2.60. The van der Waals surface area contributed by atoms with Crippen LogP contribution < -0.4 is 0 Å². The Morgan fingerprint density at radius 1 is 0.963 bits per heavy atom. The van der Waals surface area contributed by atoms with Gasteiger partial charge in [0, 0.05) is 45.2 Å². The fourth-order valence-electron chi connectivity index (χ4n) is 2.60. The quantitative estimate of drug-likeness (QED) is 0.378. The minimum absolute atomic E-state index is 0. The second kappa shape index (κ2) is 18.7. The molecule has 3 rings (SSSR count). The number of benzene rings is 2. The van der Waals surface area contributed by atoms with Crippen LogP contribution in [0.5, 0.6) is 0 Å². The van der Waals surface area contributed by atoms with Gasteiger partial charge >= 0.3 is 0 Å². The molecular formula is C23H33NOPY-. The van der Waals surface area contributed by atoms with E-state index in [0.717, 1.165) is 17.3 Å². The summed E-state index contributed by atoms with van der Waals surface area (Å²) in [6, 6.07) is 21.6. The van der Waals surface area contributed by atoms with Crippen molar-refractivity contribution in [1.82, 2.24) is 4.98 Å². The van der Waals surface area contributed by atoms with Gasteiger partial charge in [0.05, 0.1) is 0 Å². The van der Waals surface area contributed by atoms with Gasteiger partial charge in [-0.05, 0) is 17.5 Å². The first kappa shape index (κ1) is 28.6. The van der Waals surface area contributed by atoms with Crippen LogP contribution in [0.2, 0.25) is 0 Å². The molecule has 2 aromatic carbocycles. The maximum atomic E-state index is 9.35. The molecule has 1 N–H and O–H groups in total. The Bertz CT molecular complexity index is 707. The zero-order valence-electron chi connectivity index (χ0n) is 17.3. The average molecular weight is 459 g/mol. The molecule has 0 bridgehead atoms. The summed E-state index contributed by atoms with van der Waals surface area (Å²) >= 11 is 0. The molecular weight excluding hydrogens is 426 g/mol. The monoisotopic (exact) mass is 459 g/mol. The SMILES string of the molecule is CC.CC.CP.OCCC(c1ccccc1)c1ccc2nc[c-]cc2c1.[Y]. The number of hydrogen-bond donors (Lipinski definition) is 1. The summed E-state index contributed by atoms with van der Waals surface area (Å²) < 4.78 is 0. The minimum atomic E-state index is 0. The number of hydrogen-bond acceptors (Lipinski definition) is 2. The standard InChI is InChI=1S/C18H16NO.2C2H6.CH5P.Y/c20-12-10-17(14-5-2-1-3-6-14)15-8-9-18-16(13-15)7-4-11-19-18;3*1-2;/h1-3,5-9,11,13,17,20H,10,12H2;2*1-2H3;2H2,1H3;/q-1;;;;. The van der Waals surface area contributed by atoms with E-state index in [-0.39, 0.29) is 45.2 Å². The molecule has 0 fully saturated rings. The molecule has 0 aliphatic carbocycles. The van der Waals surface area contributed by atoms with E-state index in [0.29, 0.717) is 0 Å². The predicted octanol–water partition coefficient (Wildman–Crippen LogP) is 6.09. The van der Waals surface area contributed by atoms with Gasteiger partial charge in [-0.3, -0.25) is 4.98 Å². The van der Waals surface area contributed by atoms with Gasteiger partial charge in [-0.1, -0.05) is 88.6 Å². The summed E-state index contributed by atoms with van der Waals surface area (Å²) in [5.41, 5.74) is 3.41. The van der Waals surface area contributed by atoms with Crippen molar-refractivity contribution in [2.75, 3.05) is 13.3 Å². The van der Waals surface area contributed by atoms with Crippen LogP contribution in [0.4, 0.5) is 0 Å². The number of aliphatic hydroxyl groups excluding tert-OH is 1. The van der Waals surface area contributed by atoms with Gasteiger partial charge in [0.1, 0.15) is 0 Å². The van der Waals surface area contributed by atoms with Crippen molar-refractivity contribution in [3.63, 3.8) is 0 Å². The molecule has 1 aromatic heterocycles. The van der Waals surface area contributed by atoms with Crippen LogP contribution in [0.15, 0.2) is 60.8 Å². The summed E-state index contributed by atoms with van der Waals surface area (Å²) in [7, 11) is 2.42. The van der Waals surface area contributed by atoms with E-state index in [1.807, 2.05) is 64.7 Å². The first-order valence-corrected chi connectivity index (χ1v) is 10.5. The molecule has 2 unspecified atom stereocenters. The van der Waals surface area contributed by atoms with Crippen LogP contribution >= 0.6 is 9.24 Å². The molecule has 0 aliphatic rings. The van der Waals surface area contributed by atoms with Crippen molar-refractivity contribution in [1.29, 1.82) is 0 Å².